The van der Waals surface area contributed by atoms with E-state index in [1.165, 1.54) is 0 Å². The first-order valence-electron chi connectivity index (χ1n) is 9.50. The van der Waals surface area contributed by atoms with Gasteiger partial charge in [0.1, 0.15) is 0 Å². The number of nitrogens with one attached hydrogen (secondary N) is 3. The van der Waals surface area contributed by atoms with Crippen LogP contribution in [0.25, 0.3) is 0 Å². The van der Waals surface area contributed by atoms with Crippen molar-refractivity contribution in [2.24, 2.45) is 10.1 Å². The zero-order valence-corrected chi connectivity index (χ0v) is 17.6. The molecule has 1 aromatic rings. The molecule has 0 bridgehead atoms. The van der Waals surface area contributed by atoms with Crippen LogP contribution in [0.3, 0.4) is 0 Å². The van der Waals surface area contributed by atoms with Crippen molar-refractivity contribution in [2.75, 3.05) is 25.0 Å². The summed E-state index contributed by atoms with van der Waals surface area (Å²) in [6.07, 6.45) is 2.81. The lowest BCUT2D eigenvalue weighted by atomic mass is 10.1. The molecule has 0 aliphatic rings. The molecule has 0 aromatic heterocycles. The van der Waals surface area contributed by atoms with Crippen molar-refractivity contribution in [3.8, 4) is 0 Å². The average Bonchev–Trinajstić information content (AvgIpc) is 2.65. The Morgan fingerprint density at radius 1 is 1.29 bits per heavy atom. The Hall–Kier alpha value is -2.67. The van der Waals surface area contributed by atoms with Crippen LogP contribution in [-0.2, 0) is 4.74 Å². The van der Waals surface area contributed by atoms with Gasteiger partial charge in [-0.25, -0.2) is 0 Å². The van der Waals surface area contributed by atoms with Gasteiger partial charge in [-0.1, -0.05) is 5.57 Å². The van der Waals surface area contributed by atoms with E-state index in [4.69, 9.17) is 4.74 Å². The van der Waals surface area contributed by atoms with Gasteiger partial charge in [0.25, 0.3) is 5.91 Å². The zero-order chi connectivity index (χ0) is 20.9. The Kier molecular flexibility index (Phi) is 10.6. The van der Waals surface area contributed by atoms with Crippen molar-refractivity contribution in [1.29, 1.82) is 0 Å². The Morgan fingerprint density at radius 3 is 2.68 bits per heavy atom. The van der Waals surface area contributed by atoms with Gasteiger partial charge >= 0.3 is 0 Å². The van der Waals surface area contributed by atoms with Crippen molar-refractivity contribution in [1.82, 2.24) is 10.7 Å². The van der Waals surface area contributed by atoms with Crippen LogP contribution in [0.5, 0.6) is 0 Å². The third kappa shape index (κ3) is 9.32. The molecule has 0 heterocycles. The molecule has 1 rings (SSSR count). The van der Waals surface area contributed by atoms with Crippen LogP contribution in [0.1, 0.15) is 51.4 Å². The Morgan fingerprint density at radius 2 is 2.04 bits per heavy atom. The SMILES string of the molecule is C=Nc1cc(C(=O)NCCCOC(C)C)ccc1NC/C(C)=N/NC=C(C)C. The third-order valence-electron chi connectivity index (χ3n) is 3.63. The molecule has 1 aromatic carbocycles. The first-order valence-corrected chi connectivity index (χ1v) is 9.50. The summed E-state index contributed by atoms with van der Waals surface area (Å²) in [4.78, 5) is 16.3. The van der Waals surface area contributed by atoms with Gasteiger partial charge in [-0.05, 0) is 66.0 Å². The molecular formula is C21H33N5O2. The minimum atomic E-state index is -0.135. The first-order chi connectivity index (χ1) is 13.3. The van der Waals surface area contributed by atoms with Gasteiger partial charge in [0, 0.05) is 24.9 Å². The number of carbonyl (C=O) groups is 1. The summed E-state index contributed by atoms with van der Waals surface area (Å²) in [5.74, 6) is -0.135. The molecule has 0 aliphatic heterocycles. The number of nitrogens with zero attached hydrogens (tertiary/aromatic N) is 2. The van der Waals surface area contributed by atoms with Crippen LogP contribution in [0.4, 0.5) is 11.4 Å². The number of ether oxygens (including phenoxy) is 1. The van der Waals surface area contributed by atoms with Crippen molar-refractivity contribution in [3.05, 3.63) is 35.5 Å². The van der Waals surface area contributed by atoms with E-state index in [0.717, 1.165) is 23.4 Å². The van der Waals surface area contributed by atoms with E-state index in [9.17, 15) is 4.79 Å². The molecule has 0 unspecified atom stereocenters. The maximum atomic E-state index is 12.3. The van der Waals surface area contributed by atoms with E-state index in [2.05, 4.69) is 32.9 Å². The second-order valence-corrected chi connectivity index (χ2v) is 6.97. The molecule has 7 nitrogen and oxygen atoms in total. The fourth-order valence-corrected chi connectivity index (χ4v) is 2.18. The minimum Gasteiger partial charge on any atom is -0.379 e. The number of carbonyl (C=O) groups excluding carboxylic acids is 1. The summed E-state index contributed by atoms with van der Waals surface area (Å²) >= 11 is 0. The predicted octanol–water partition coefficient (Wildman–Crippen LogP) is 3.86. The van der Waals surface area contributed by atoms with Gasteiger partial charge in [-0.15, -0.1) is 0 Å². The molecule has 0 aliphatic carbocycles. The van der Waals surface area contributed by atoms with E-state index in [-0.39, 0.29) is 12.0 Å². The summed E-state index contributed by atoms with van der Waals surface area (Å²) in [5.41, 5.74) is 6.90. The maximum Gasteiger partial charge on any atom is 0.251 e. The molecule has 3 N–H and O–H groups in total. The highest BCUT2D eigenvalue weighted by molar-refractivity contribution is 5.96. The highest BCUT2D eigenvalue weighted by Gasteiger charge is 2.09. The minimum absolute atomic E-state index is 0.135. The quantitative estimate of drug-likeness (QED) is 0.289. The van der Waals surface area contributed by atoms with E-state index >= 15 is 0 Å². The lowest BCUT2D eigenvalue weighted by Crippen LogP contribution is -2.25. The summed E-state index contributed by atoms with van der Waals surface area (Å²) in [5, 5.41) is 10.4. The van der Waals surface area contributed by atoms with Gasteiger partial charge in [0.2, 0.25) is 0 Å². The van der Waals surface area contributed by atoms with Gasteiger partial charge in [0.05, 0.1) is 29.7 Å². The van der Waals surface area contributed by atoms with Crippen molar-refractivity contribution >= 4 is 29.7 Å². The lowest BCUT2D eigenvalue weighted by Gasteiger charge is -2.12. The van der Waals surface area contributed by atoms with Crippen LogP contribution in [0.15, 0.2) is 40.1 Å². The number of allylic oxidation sites excluding steroid dienone is 1. The molecule has 0 spiro atoms. The topological polar surface area (TPSA) is 87.1 Å². The van der Waals surface area contributed by atoms with Crippen LogP contribution in [-0.4, -0.2) is 44.1 Å². The van der Waals surface area contributed by atoms with Gasteiger partial charge in [0.15, 0.2) is 0 Å². The Balaban J connectivity index is 2.59. The van der Waals surface area contributed by atoms with Crippen LogP contribution < -0.4 is 16.1 Å². The number of hydrazone groups is 1. The standard InChI is InChI=1S/C21H33N5O2/c1-15(2)13-25-26-17(5)14-24-19-9-8-18(12-20(19)22-6)21(27)23-10-7-11-28-16(3)4/h8-9,12-13,16,24-25H,6-7,10-11,14H2,1-5H3,(H,23,27)/b26-17+. The van der Waals surface area contributed by atoms with Crippen LogP contribution in [0, 0.1) is 0 Å². The number of hydrogen-bond acceptors (Lipinski definition) is 6. The number of benzene rings is 1. The molecule has 0 atom stereocenters. The normalized spacial score (nSPS) is 11.1. The highest BCUT2D eigenvalue weighted by atomic mass is 16.5. The summed E-state index contributed by atoms with van der Waals surface area (Å²) in [6.45, 7) is 15.2. The smallest absolute Gasteiger partial charge is 0.251 e. The average molecular weight is 388 g/mol. The van der Waals surface area contributed by atoms with Gasteiger partial charge < -0.3 is 15.4 Å². The highest BCUT2D eigenvalue weighted by Crippen LogP contribution is 2.25. The molecule has 28 heavy (non-hydrogen) atoms. The monoisotopic (exact) mass is 387 g/mol. The van der Waals surface area contributed by atoms with Crippen molar-refractivity contribution in [2.45, 2.75) is 47.1 Å². The van der Waals surface area contributed by atoms with E-state index < -0.39 is 0 Å². The van der Waals surface area contributed by atoms with E-state index in [0.29, 0.717) is 30.9 Å². The molecular weight excluding hydrogens is 354 g/mol. The fourth-order valence-electron chi connectivity index (χ4n) is 2.18. The number of hydrogen-bond donors (Lipinski definition) is 3. The summed E-state index contributed by atoms with van der Waals surface area (Å²) in [6, 6.07) is 5.33. The van der Waals surface area contributed by atoms with Crippen LogP contribution >= 0.6 is 0 Å². The second kappa shape index (κ2) is 12.7. The Labute approximate surface area is 168 Å². The number of anilines is 1. The predicted molar refractivity (Wildman–Crippen MR) is 118 cm³/mol. The maximum absolute atomic E-state index is 12.3. The van der Waals surface area contributed by atoms with E-state index in [1.54, 1.807) is 12.1 Å². The molecule has 0 radical (unpaired) electrons. The lowest BCUT2D eigenvalue weighted by molar-refractivity contribution is 0.0757. The van der Waals surface area contributed by atoms with Crippen LogP contribution in [0.2, 0.25) is 0 Å². The molecule has 7 heteroatoms. The largest absolute Gasteiger partial charge is 0.379 e. The molecule has 0 saturated carbocycles. The third-order valence-corrected chi connectivity index (χ3v) is 3.63. The second-order valence-electron chi connectivity index (χ2n) is 6.97. The Bertz CT molecular complexity index is 707. The van der Waals surface area contributed by atoms with E-state index in [1.807, 2.05) is 46.9 Å². The first kappa shape index (κ1) is 23.4. The summed E-state index contributed by atoms with van der Waals surface area (Å²) < 4.78 is 5.46. The number of amides is 1. The molecule has 154 valence electrons. The molecule has 0 saturated heterocycles. The van der Waals surface area contributed by atoms with Crippen molar-refractivity contribution < 1.29 is 9.53 Å². The van der Waals surface area contributed by atoms with Gasteiger partial charge in [-0.3, -0.25) is 15.2 Å². The zero-order valence-electron chi connectivity index (χ0n) is 17.6. The van der Waals surface area contributed by atoms with Crippen molar-refractivity contribution in [3.63, 3.8) is 0 Å². The molecule has 0 fully saturated rings. The molecule has 1 amide bonds. The number of rotatable bonds is 12. The fraction of sp³-hybridized carbons (Fsp3) is 0.476. The summed E-state index contributed by atoms with van der Waals surface area (Å²) in [7, 11) is 0. The number of aliphatic imine (C=N–C) groups is 1. The van der Waals surface area contributed by atoms with Gasteiger partial charge in [-0.2, -0.15) is 5.10 Å².